The first-order valence-corrected chi connectivity index (χ1v) is 10.6. The van der Waals surface area contributed by atoms with Gasteiger partial charge in [0, 0.05) is 41.7 Å². The van der Waals surface area contributed by atoms with Crippen LogP contribution < -0.4 is 10.4 Å². The van der Waals surface area contributed by atoms with Crippen LogP contribution in [0.2, 0.25) is 0 Å². The number of likely N-dealkylation sites (tertiary alicyclic amines) is 1. The fourth-order valence-corrected chi connectivity index (χ4v) is 4.15. The molecule has 1 fully saturated rings. The van der Waals surface area contributed by atoms with Crippen molar-refractivity contribution < 1.29 is 23.8 Å². The number of rotatable bonds is 5. The zero-order valence-electron chi connectivity index (χ0n) is 18.0. The number of benzene rings is 2. The maximum Gasteiger partial charge on any atom is 0.336 e. The molecule has 1 N–H and O–H groups in total. The van der Waals surface area contributed by atoms with Gasteiger partial charge in [-0.15, -0.1) is 0 Å². The molecule has 8 heteroatoms. The number of carboxylic acids is 1. The molecule has 0 spiro atoms. The van der Waals surface area contributed by atoms with Gasteiger partial charge in [-0.3, -0.25) is 9.59 Å². The van der Waals surface area contributed by atoms with Gasteiger partial charge in [0.1, 0.15) is 11.3 Å². The Morgan fingerprint density at radius 3 is 2.76 bits per heavy atom. The molecule has 0 aliphatic carbocycles. The summed E-state index contributed by atoms with van der Waals surface area (Å²) in [6.07, 6.45) is 0.336. The van der Waals surface area contributed by atoms with Gasteiger partial charge >= 0.3 is 11.6 Å². The van der Waals surface area contributed by atoms with Gasteiger partial charge in [0.2, 0.25) is 0 Å². The average Bonchev–Trinajstić information content (AvgIpc) is 2.82. The minimum absolute atomic E-state index is 0.163. The number of carbonyl (C=O) groups excluding carboxylic acids is 1. The van der Waals surface area contributed by atoms with Gasteiger partial charge in [0.15, 0.2) is 6.10 Å². The van der Waals surface area contributed by atoms with Gasteiger partial charge in [-0.05, 0) is 38.0 Å². The Morgan fingerprint density at radius 2 is 2.00 bits per heavy atom. The largest absolute Gasteiger partial charge is 0.481 e. The highest BCUT2D eigenvalue weighted by Crippen LogP contribution is 2.32. The number of carboxylic acid groups (broad SMARTS) is 1. The van der Waals surface area contributed by atoms with Gasteiger partial charge in [-0.25, -0.2) is 4.79 Å². The summed E-state index contributed by atoms with van der Waals surface area (Å²) in [5.74, 6) is -1.43. The summed E-state index contributed by atoms with van der Waals surface area (Å²) in [4.78, 5) is 37.8. The lowest BCUT2D eigenvalue weighted by Gasteiger charge is -2.32. The molecule has 1 aromatic heterocycles. The lowest BCUT2D eigenvalue weighted by molar-refractivity contribution is -0.147. The van der Waals surface area contributed by atoms with Crippen molar-refractivity contribution in [3.8, 4) is 22.9 Å². The van der Waals surface area contributed by atoms with E-state index in [0.717, 1.165) is 0 Å². The summed E-state index contributed by atoms with van der Waals surface area (Å²) in [7, 11) is 0. The van der Waals surface area contributed by atoms with E-state index in [4.69, 9.17) is 9.15 Å². The first-order valence-electron chi connectivity index (χ1n) is 10.6. The molecule has 1 saturated heterocycles. The fourth-order valence-electron chi connectivity index (χ4n) is 4.15. The van der Waals surface area contributed by atoms with Crippen LogP contribution in [-0.4, -0.2) is 41.1 Å². The van der Waals surface area contributed by atoms with Crippen LogP contribution in [0.5, 0.6) is 5.75 Å². The molecule has 8 nitrogen and oxygen atoms in total. The molecular formula is C25H22N2O6. The third-order valence-corrected chi connectivity index (χ3v) is 5.80. The highest BCUT2D eigenvalue weighted by molar-refractivity contribution is 5.95. The molecule has 0 unspecified atom stereocenters. The molecule has 1 aliphatic rings. The Kier molecular flexibility index (Phi) is 6.13. The molecule has 0 bridgehead atoms. The molecule has 3 aromatic rings. The Bertz CT molecular complexity index is 1320. The molecule has 2 aromatic carbocycles. The van der Waals surface area contributed by atoms with E-state index in [-0.39, 0.29) is 18.0 Å². The maximum atomic E-state index is 12.8. The third kappa shape index (κ3) is 4.58. The number of aliphatic carboxylic acids is 1. The molecular weight excluding hydrogens is 424 g/mol. The van der Waals surface area contributed by atoms with Crippen LogP contribution in [0.15, 0.2) is 57.7 Å². The van der Waals surface area contributed by atoms with E-state index in [0.29, 0.717) is 47.2 Å². The molecule has 4 rings (SSSR count). The van der Waals surface area contributed by atoms with Crippen LogP contribution >= 0.6 is 0 Å². The van der Waals surface area contributed by atoms with Gasteiger partial charge in [-0.2, -0.15) is 5.26 Å². The smallest absolute Gasteiger partial charge is 0.336 e. The highest BCUT2D eigenvalue weighted by atomic mass is 16.5. The summed E-state index contributed by atoms with van der Waals surface area (Å²) in [6.45, 7) is 2.26. The van der Waals surface area contributed by atoms with Gasteiger partial charge < -0.3 is 19.2 Å². The van der Waals surface area contributed by atoms with Crippen molar-refractivity contribution in [2.24, 2.45) is 5.92 Å². The normalized spacial score (nSPS) is 16.7. The number of nitrogens with zero attached hydrogens (tertiary/aromatic N) is 2. The summed E-state index contributed by atoms with van der Waals surface area (Å²) in [5, 5.41) is 19.3. The SMILES string of the molecule is C[C@@H](Oc1ccc2c(-c3ccccc3C#N)cc(=O)oc2c1)C(=O)N1CCC[C@H](C(=O)O)C1. The maximum absolute atomic E-state index is 12.8. The van der Waals surface area contributed by atoms with E-state index in [1.165, 1.54) is 17.0 Å². The summed E-state index contributed by atoms with van der Waals surface area (Å²) in [5.41, 5.74) is 1.33. The Balaban J connectivity index is 1.60. The van der Waals surface area contributed by atoms with Gasteiger partial charge in [-0.1, -0.05) is 18.2 Å². The predicted octanol–water partition coefficient (Wildman–Crippen LogP) is 3.42. The number of hydrogen-bond donors (Lipinski definition) is 1. The quantitative estimate of drug-likeness (QED) is 0.596. The lowest BCUT2D eigenvalue weighted by Crippen LogP contribution is -2.47. The molecule has 2 atom stereocenters. The Hall–Kier alpha value is -4.12. The van der Waals surface area contributed by atoms with Crippen LogP contribution in [0.1, 0.15) is 25.3 Å². The van der Waals surface area contributed by atoms with Crippen molar-refractivity contribution in [2.75, 3.05) is 13.1 Å². The minimum Gasteiger partial charge on any atom is -0.481 e. The van der Waals surface area contributed by atoms with Crippen molar-refractivity contribution in [2.45, 2.75) is 25.9 Å². The first kappa shape index (κ1) is 22.1. The number of nitriles is 1. The summed E-state index contributed by atoms with van der Waals surface area (Å²) >= 11 is 0. The summed E-state index contributed by atoms with van der Waals surface area (Å²) in [6, 6.07) is 15.4. The van der Waals surface area contributed by atoms with E-state index in [2.05, 4.69) is 6.07 Å². The number of ether oxygens (including phenoxy) is 1. The number of amides is 1. The molecule has 168 valence electrons. The van der Waals surface area contributed by atoms with Gasteiger partial charge in [0.25, 0.3) is 5.91 Å². The molecule has 1 amide bonds. The molecule has 33 heavy (non-hydrogen) atoms. The average molecular weight is 446 g/mol. The van der Waals surface area contributed by atoms with Crippen LogP contribution in [0.3, 0.4) is 0 Å². The topological polar surface area (TPSA) is 121 Å². The van der Waals surface area contributed by atoms with Crippen LogP contribution in [0.4, 0.5) is 0 Å². The fraction of sp³-hybridized carbons (Fsp3) is 0.280. The Morgan fingerprint density at radius 1 is 1.21 bits per heavy atom. The number of carbonyl (C=O) groups is 2. The third-order valence-electron chi connectivity index (χ3n) is 5.80. The number of fused-ring (bicyclic) bond motifs is 1. The van der Waals surface area contributed by atoms with E-state index >= 15 is 0 Å². The zero-order valence-corrected chi connectivity index (χ0v) is 18.0. The van der Waals surface area contributed by atoms with Crippen molar-refractivity contribution in [3.63, 3.8) is 0 Å². The second kappa shape index (κ2) is 9.17. The van der Waals surface area contributed by atoms with E-state index < -0.39 is 23.6 Å². The predicted molar refractivity (Wildman–Crippen MR) is 120 cm³/mol. The van der Waals surface area contributed by atoms with Crippen molar-refractivity contribution in [1.82, 2.24) is 4.90 Å². The van der Waals surface area contributed by atoms with Crippen molar-refractivity contribution in [3.05, 3.63) is 64.5 Å². The van der Waals surface area contributed by atoms with Gasteiger partial charge in [0.05, 0.1) is 17.6 Å². The van der Waals surface area contributed by atoms with Crippen LogP contribution in [0.25, 0.3) is 22.1 Å². The number of hydrogen-bond acceptors (Lipinski definition) is 6. The number of piperidine rings is 1. The van der Waals surface area contributed by atoms with E-state index in [1.54, 1.807) is 43.3 Å². The van der Waals surface area contributed by atoms with Crippen LogP contribution in [0, 0.1) is 17.2 Å². The molecule has 2 heterocycles. The zero-order chi connectivity index (χ0) is 23.5. The minimum atomic E-state index is -0.903. The van der Waals surface area contributed by atoms with Crippen molar-refractivity contribution in [1.29, 1.82) is 5.26 Å². The van der Waals surface area contributed by atoms with E-state index in [9.17, 15) is 24.8 Å². The second-order valence-electron chi connectivity index (χ2n) is 8.02. The monoisotopic (exact) mass is 446 g/mol. The van der Waals surface area contributed by atoms with Crippen LogP contribution in [-0.2, 0) is 9.59 Å². The highest BCUT2D eigenvalue weighted by Gasteiger charge is 2.31. The second-order valence-corrected chi connectivity index (χ2v) is 8.02. The lowest BCUT2D eigenvalue weighted by atomic mass is 9.97. The molecule has 0 saturated carbocycles. The van der Waals surface area contributed by atoms with E-state index in [1.807, 2.05) is 0 Å². The first-order chi connectivity index (χ1) is 15.9. The van der Waals surface area contributed by atoms with Crippen molar-refractivity contribution >= 4 is 22.8 Å². The molecule has 0 radical (unpaired) electrons. The summed E-state index contributed by atoms with van der Waals surface area (Å²) < 4.78 is 11.2. The molecule has 1 aliphatic heterocycles. The Labute approximate surface area is 189 Å². The standard InChI is InChI=1S/C25H22N2O6/c1-15(24(29)27-10-4-6-17(14-27)25(30)31)32-18-8-9-20-21(12-23(28)33-22(20)11-18)19-7-3-2-5-16(19)13-26/h2-3,5,7-9,11-12,15,17H,4,6,10,14H2,1H3,(H,30,31)/t15-,17+/m1/s1.